The molecule has 3 aliphatic rings. The number of nitrogens with zero attached hydrogens (tertiary/aromatic N) is 3. The fraction of sp³-hybridized carbons (Fsp3) is 0.0345. The number of fused-ring (bicyclic) bond motifs is 17. The molecular weight excluding hydrogens is 769 g/mol. The Labute approximate surface area is 362 Å². The number of para-hydroxylation sites is 2. The lowest BCUT2D eigenvalue weighted by Crippen LogP contribution is -2.39. The maximum absolute atomic E-state index is 6.43. The van der Waals surface area contributed by atoms with Gasteiger partial charge in [0.25, 0.3) is 0 Å². The Hall–Kier alpha value is -8.28. The van der Waals surface area contributed by atoms with E-state index in [0.717, 1.165) is 55.5 Å². The first-order chi connectivity index (χ1) is 31.2. The first-order valence-electron chi connectivity index (χ1n) is 21.6. The van der Waals surface area contributed by atoms with E-state index in [1.807, 2.05) is 12.1 Å². The Morgan fingerprint density at radius 1 is 0.444 bits per heavy atom. The van der Waals surface area contributed by atoms with Gasteiger partial charge in [0.1, 0.15) is 17.0 Å². The molecular formula is C58H36N4O. The van der Waals surface area contributed by atoms with Gasteiger partial charge < -0.3 is 9.73 Å². The lowest BCUT2D eigenvalue weighted by atomic mass is 9.70. The van der Waals surface area contributed by atoms with E-state index >= 15 is 0 Å². The summed E-state index contributed by atoms with van der Waals surface area (Å²) in [6, 6.07) is 74.3. The summed E-state index contributed by atoms with van der Waals surface area (Å²) in [6.45, 7) is 0. The molecule has 2 aliphatic carbocycles. The second kappa shape index (κ2) is 12.9. The highest BCUT2D eigenvalue weighted by Gasteiger charge is 2.52. The zero-order valence-electron chi connectivity index (χ0n) is 34.0. The molecule has 1 atom stereocenters. The summed E-state index contributed by atoms with van der Waals surface area (Å²) in [7, 11) is 0. The predicted molar refractivity (Wildman–Crippen MR) is 257 cm³/mol. The summed E-state index contributed by atoms with van der Waals surface area (Å²) in [6.07, 6.45) is -0.553. The minimum atomic E-state index is -0.553. The van der Waals surface area contributed by atoms with E-state index in [0.29, 0.717) is 5.96 Å². The van der Waals surface area contributed by atoms with Crippen molar-refractivity contribution in [3.8, 4) is 33.4 Å². The Kier molecular flexibility index (Phi) is 7.03. The van der Waals surface area contributed by atoms with E-state index in [1.165, 1.54) is 60.8 Å². The number of rotatable bonds is 3. The highest BCUT2D eigenvalue weighted by molar-refractivity contribution is 6.22. The smallest absolute Gasteiger partial charge is 0.211 e. The predicted octanol–water partition coefficient (Wildman–Crippen LogP) is 13.7. The summed E-state index contributed by atoms with van der Waals surface area (Å²) in [4.78, 5) is 11.0. The molecule has 3 heterocycles. The Bertz CT molecular complexity index is 3730. The highest BCUT2D eigenvalue weighted by Crippen LogP contribution is 2.64. The fourth-order valence-corrected chi connectivity index (χ4v) is 11.1. The molecule has 0 fully saturated rings. The molecule has 1 N–H and O–H groups in total. The molecule has 1 spiro atoms. The van der Waals surface area contributed by atoms with Crippen LogP contribution in [0.25, 0.3) is 77.1 Å². The van der Waals surface area contributed by atoms with Gasteiger partial charge in [-0.2, -0.15) is 0 Å². The molecule has 0 bridgehead atoms. The first kappa shape index (κ1) is 34.4. The molecule has 5 nitrogen and oxygen atoms in total. The van der Waals surface area contributed by atoms with Crippen LogP contribution >= 0.6 is 0 Å². The molecule has 0 radical (unpaired) electrons. The number of aromatic nitrogens is 1. The van der Waals surface area contributed by atoms with Crippen LogP contribution in [-0.4, -0.2) is 16.4 Å². The number of aliphatic imine (C=N–C) groups is 2. The Morgan fingerprint density at radius 2 is 1.03 bits per heavy atom. The van der Waals surface area contributed by atoms with Gasteiger partial charge in [-0.3, -0.25) is 4.57 Å². The molecule has 1 unspecified atom stereocenters. The minimum Gasteiger partial charge on any atom is -0.456 e. The van der Waals surface area contributed by atoms with E-state index < -0.39 is 11.6 Å². The van der Waals surface area contributed by atoms with Gasteiger partial charge in [0.2, 0.25) is 5.96 Å². The first-order valence-corrected chi connectivity index (χ1v) is 21.6. The summed E-state index contributed by atoms with van der Waals surface area (Å²) in [5.41, 5.74) is 17.9. The van der Waals surface area contributed by atoms with Crippen molar-refractivity contribution in [2.75, 3.05) is 0 Å². The lowest BCUT2D eigenvalue weighted by Gasteiger charge is -2.30. The van der Waals surface area contributed by atoms with Gasteiger partial charge in [0.15, 0.2) is 6.17 Å². The van der Waals surface area contributed by atoms with Gasteiger partial charge in [-0.15, -0.1) is 0 Å². The summed E-state index contributed by atoms with van der Waals surface area (Å²) >= 11 is 0. The van der Waals surface area contributed by atoms with Crippen LogP contribution in [0.4, 0.5) is 0 Å². The number of furan rings is 1. The molecule has 5 heteroatoms. The van der Waals surface area contributed by atoms with Crippen LogP contribution in [0.2, 0.25) is 0 Å². The van der Waals surface area contributed by atoms with Crippen LogP contribution in [0.5, 0.6) is 0 Å². The van der Waals surface area contributed by atoms with Crippen molar-refractivity contribution in [1.82, 2.24) is 9.88 Å². The highest BCUT2D eigenvalue weighted by atomic mass is 16.3. The zero-order valence-corrected chi connectivity index (χ0v) is 34.0. The molecule has 1 aliphatic heterocycles. The third-order valence-electron chi connectivity index (χ3n) is 13.7. The minimum absolute atomic E-state index is 0.478. The second-order valence-electron chi connectivity index (χ2n) is 16.8. The Balaban J connectivity index is 1.03. The van der Waals surface area contributed by atoms with Gasteiger partial charge in [0, 0.05) is 38.2 Å². The van der Waals surface area contributed by atoms with Crippen molar-refractivity contribution in [1.29, 1.82) is 0 Å². The number of amidine groups is 1. The van der Waals surface area contributed by atoms with Crippen LogP contribution in [0.1, 0.15) is 39.5 Å². The quantitative estimate of drug-likeness (QED) is 0.193. The maximum atomic E-state index is 6.43. The second-order valence-corrected chi connectivity index (χ2v) is 16.8. The average molecular weight is 805 g/mol. The van der Waals surface area contributed by atoms with E-state index in [-0.39, 0.29) is 0 Å². The van der Waals surface area contributed by atoms with Crippen LogP contribution in [0, 0.1) is 0 Å². The van der Waals surface area contributed by atoms with E-state index in [9.17, 15) is 0 Å². The third-order valence-corrected chi connectivity index (χ3v) is 13.7. The average Bonchev–Trinajstić information content (AvgIpc) is 4.08. The molecule has 2 aromatic heterocycles. The van der Waals surface area contributed by atoms with Crippen molar-refractivity contribution in [3.63, 3.8) is 0 Å². The van der Waals surface area contributed by atoms with Crippen molar-refractivity contribution < 1.29 is 4.42 Å². The largest absolute Gasteiger partial charge is 0.456 e. The van der Waals surface area contributed by atoms with Crippen molar-refractivity contribution in [3.05, 3.63) is 240 Å². The topological polar surface area (TPSA) is 54.8 Å². The molecule has 294 valence electrons. The van der Waals surface area contributed by atoms with Gasteiger partial charge in [-0.25, -0.2) is 9.98 Å². The van der Waals surface area contributed by atoms with E-state index in [1.54, 1.807) is 0 Å². The zero-order chi connectivity index (χ0) is 41.2. The van der Waals surface area contributed by atoms with Crippen LogP contribution in [-0.2, 0) is 5.41 Å². The molecule has 9 aromatic carbocycles. The number of nitrogens with one attached hydrogen (secondary N) is 1. The third kappa shape index (κ3) is 4.71. The van der Waals surface area contributed by atoms with Crippen molar-refractivity contribution in [2.45, 2.75) is 11.6 Å². The molecule has 63 heavy (non-hydrogen) atoms. The normalized spacial score (nSPS) is 15.6. The molecule has 11 aromatic rings. The Morgan fingerprint density at radius 3 is 1.81 bits per heavy atom. The monoisotopic (exact) mass is 804 g/mol. The number of hydrogen-bond donors (Lipinski definition) is 1. The molecule has 0 amide bonds. The summed E-state index contributed by atoms with van der Waals surface area (Å²) in [5.74, 6) is 1.47. The lowest BCUT2D eigenvalue weighted by molar-refractivity contribution is 0.665. The number of hydrogen-bond acceptors (Lipinski definition) is 4. The standard InChI is InChI=1S/C58H36N4O/c1-2-14-35(15-3-1)36-26-28-37(29-27-36)55-59-56(38-30-31-43-42-19-8-13-25-51(42)63-52(43)34-38)61-57(60-55)62-50-24-12-7-18-41(50)44-32-33-49-53(54(44)62)45-20-6-11-23-48(45)58(49)46-21-9-4-16-39(46)40-17-5-10-22-47(40)58/h1-34,56H,(H,59,60,61). The van der Waals surface area contributed by atoms with Crippen molar-refractivity contribution in [2.24, 2.45) is 9.98 Å². The van der Waals surface area contributed by atoms with Gasteiger partial charge in [-0.1, -0.05) is 188 Å². The van der Waals surface area contributed by atoms with Crippen LogP contribution < -0.4 is 5.32 Å². The van der Waals surface area contributed by atoms with Crippen LogP contribution in [0.15, 0.2) is 221 Å². The fourth-order valence-electron chi connectivity index (χ4n) is 11.1. The molecule has 0 saturated heterocycles. The number of benzene rings is 9. The SMILES string of the molecule is c1ccc(-c2ccc(C3=NC(c4ccc5c(c4)oc4ccccc45)N=C(n4c5ccccc5c5ccc6c(c54)-c4ccccc4C64c5ccccc5-c5ccccc54)N3)cc2)cc1. The summed E-state index contributed by atoms with van der Waals surface area (Å²) < 4.78 is 8.79. The molecule has 14 rings (SSSR count). The summed E-state index contributed by atoms with van der Waals surface area (Å²) in [5, 5.41) is 8.34. The van der Waals surface area contributed by atoms with Crippen LogP contribution in [0.3, 0.4) is 0 Å². The molecule has 0 saturated carbocycles. The van der Waals surface area contributed by atoms with E-state index in [4.69, 9.17) is 14.4 Å². The van der Waals surface area contributed by atoms with Gasteiger partial charge in [-0.05, 0) is 68.3 Å². The van der Waals surface area contributed by atoms with Crippen molar-refractivity contribution >= 4 is 55.5 Å². The van der Waals surface area contributed by atoms with Gasteiger partial charge >= 0.3 is 0 Å². The van der Waals surface area contributed by atoms with Gasteiger partial charge in [0.05, 0.1) is 16.4 Å². The maximum Gasteiger partial charge on any atom is 0.211 e. The van der Waals surface area contributed by atoms with E-state index in [2.05, 4.69) is 204 Å².